The number of carbonyl (C=O) groups excluding carboxylic acids is 1. The third-order valence-corrected chi connectivity index (χ3v) is 3.43. The third kappa shape index (κ3) is 2.68. The number of nitrogens with zero attached hydrogens (tertiary/aromatic N) is 4. The molecule has 1 atom stereocenters. The van der Waals surface area contributed by atoms with Crippen molar-refractivity contribution in [1.29, 1.82) is 0 Å². The molecule has 8 heteroatoms. The molecule has 3 rings (SSSR count). The van der Waals surface area contributed by atoms with E-state index in [4.69, 9.17) is 4.74 Å². The van der Waals surface area contributed by atoms with Gasteiger partial charge in [-0.05, 0) is 24.3 Å². The van der Waals surface area contributed by atoms with Crippen LogP contribution >= 0.6 is 0 Å². The van der Waals surface area contributed by atoms with Crippen LogP contribution in [0.3, 0.4) is 0 Å². The first-order chi connectivity index (χ1) is 10.7. The van der Waals surface area contributed by atoms with Crippen LogP contribution in [0.1, 0.15) is 22.1 Å². The average Bonchev–Trinajstić information content (AvgIpc) is 3.14. The summed E-state index contributed by atoms with van der Waals surface area (Å²) in [5.41, 5.74) is 2.76. The summed E-state index contributed by atoms with van der Waals surface area (Å²) in [7, 11) is 3.42. The van der Waals surface area contributed by atoms with Crippen molar-refractivity contribution in [2.24, 2.45) is 7.05 Å². The van der Waals surface area contributed by atoms with E-state index in [1.807, 2.05) is 13.1 Å². The Kier molecular flexibility index (Phi) is 3.84. The molecule has 2 N–H and O–H groups in total. The van der Waals surface area contributed by atoms with Crippen molar-refractivity contribution >= 4 is 16.9 Å². The number of carbonyl (C=O) groups is 1. The quantitative estimate of drug-likeness (QED) is 0.726. The Labute approximate surface area is 126 Å². The van der Waals surface area contributed by atoms with Gasteiger partial charge in [-0.15, -0.1) is 0 Å². The lowest BCUT2D eigenvalue weighted by atomic mass is 10.1. The maximum Gasteiger partial charge on any atom is 0.251 e. The van der Waals surface area contributed by atoms with Crippen molar-refractivity contribution in [1.82, 2.24) is 30.5 Å². The minimum atomic E-state index is -0.280. The Balaban J connectivity index is 1.82. The van der Waals surface area contributed by atoms with Gasteiger partial charge in [0.1, 0.15) is 11.0 Å². The van der Waals surface area contributed by atoms with Gasteiger partial charge in [0.15, 0.2) is 0 Å². The fraction of sp³-hybridized carbons (Fsp3) is 0.286. The minimum absolute atomic E-state index is 0.201. The molecule has 0 unspecified atom stereocenters. The standard InChI is InChI=1S/C14H16N6O2/c1-20-13(5-6-15-20)12(8-22-2)16-14(21)9-3-4-10-11(7-9)18-19-17-10/h3-7,12H,8H2,1-2H3,(H,16,21)(H,17,18,19)/t12-/m1/s1. The Morgan fingerprint density at radius 2 is 2.18 bits per heavy atom. The molecule has 2 heterocycles. The first-order valence-electron chi connectivity index (χ1n) is 6.77. The number of fused-ring (bicyclic) bond motifs is 1. The maximum atomic E-state index is 12.4. The smallest absolute Gasteiger partial charge is 0.251 e. The van der Waals surface area contributed by atoms with Gasteiger partial charge < -0.3 is 10.1 Å². The van der Waals surface area contributed by atoms with E-state index in [0.29, 0.717) is 17.7 Å². The van der Waals surface area contributed by atoms with E-state index in [-0.39, 0.29) is 11.9 Å². The first-order valence-corrected chi connectivity index (χ1v) is 6.77. The highest BCUT2D eigenvalue weighted by atomic mass is 16.5. The summed E-state index contributed by atoms with van der Waals surface area (Å²) >= 11 is 0. The fourth-order valence-corrected chi connectivity index (χ4v) is 2.32. The van der Waals surface area contributed by atoms with Crippen LogP contribution in [0.5, 0.6) is 0 Å². The summed E-state index contributed by atoms with van der Waals surface area (Å²) in [5.74, 6) is -0.201. The average molecular weight is 300 g/mol. The summed E-state index contributed by atoms with van der Waals surface area (Å²) in [6.07, 6.45) is 1.69. The lowest BCUT2D eigenvalue weighted by Crippen LogP contribution is -2.32. The zero-order chi connectivity index (χ0) is 15.5. The number of methoxy groups -OCH3 is 1. The second-order valence-corrected chi connectivity index (χ2v) is 4.89. The molecule has 0 aliphatic rings. The van der Waals surface area contributed by atoms with Crippen LogP contribution in [0.25, 0.3) is 11.0 Å². The number of ether oxygens (including phenoxy) is 1. The molecule has 1 amide bonds. The number of aromatic nitrogens is 5. The molecular weight excluding hydrogens is 284 g/mol. The normalized spacial score (nSPS) is 12.5. The molecule has 0 saturated carbocycles. The Hall–Kier alpha value is -2.74. The van der Waals surface area contributed by atoms with Gasteiger partial charge in [-0.1, -0.05) is 0 Å². The van der Waals surface area contributed by atoms with E-state index >= 15 is 0 Å². The lowest BCUT2D eigenvalue weighted by molar-refractivity contribution is 0.0892. The molecule has 3 aromatic rings. The Morgan fingerprint density at radius 1 is 1.36 bits per heavy atom. The molecule has 0 aliphatic carbocycles. The maximum absolute atomic E-state index is 12.4. The third-order valence-electron chi connectivity index (χ3n) is 3.43. The number of aromatic amines is 1. The van der Waals surface area contributed by atoms with E-state index < -0.39 is 0 Å². The highest BCUT2D eigenvalue weighted by Crippen LogP contribution is 2.15. The molecule has 22 heavy (non-hydrogen) atoms. The number of aryl methyl sites for hydroxylation is 1. The molecule has 0 fully saturated rings. The summed E-state index contributed by atoms with van der Waals surface area (Å²) < 4.78 is 6.91. The van der Waals surface area contributed by atoms with Gasteiger partial charge in [0, 0.05) is 25.9 Å². The lowest BCUT2D eigenvalue weighted by Gasteiger charge is -2.18. The van der Waals surface area contributed by atoms with Crippen LogP contribution in [0, 0.1) is 0 Å². The molecule has 1 aromatic carbocycles. The topological polar surface area (TPSA) is 97.7 Å². The molecule has 8 nitrogen and oxygen atoms in total. The van der Waals surface area contributed by atoms with Crippen LogP contribution in [0.2, 0.25) is 0 Å². The van der Waals surface area contributed by atoms with E-state index in [2.05, 4.69) is 25.8 Å². The van der Waals surface area contributed by atoms with Gasteiger partial charge in [0.2, 0.25) is 0 Å². The molecule has 0 spiro atoms. The van der Waals surface area contributed by atoms with Gasteiger partial charge in [-0.2, -0.15) is 20.5 Å². The van der Waals surface area contributed by atoms with Crippen LogP contribution < -0.4 is 5.32 Å². The van der Waals surface area contributed by atoms with E-state index in [9.17, 15) is 4.79 Å². The van der Waals surface area contributed by atoms with Gasteiger partial charge in [-0.3, -0.25) is 9.48 Å². The van der Waals surface area contributed by atoms with Crippen LogP contribution in [0.15, 0.2) is 30.5 Å². The Bertz CT molecular complexity index is 793. The number of rotatable bonds is 5. The van der Waals surface area contributed by atoms with Crippen LogP contribution in [-0.2, 0) is 11.8 Å². The van der Waals surface area contributed by atoms with Crippen molar-refractivity contribution < 1.29 is 9.53 Å². The fourth-order valence-electron chi connectivity index (χ4n) is 2.32. The van der Waals surface area contributed by atoms with Crippen molar-refractivity contribution in [3.05, 3.63) is 41.7 Å². The number of nitrogens with one attached hydrogen (secondary N) is 2. The zero-order valence-corrected chi connectivity index (χ0v) is 12.3. The predicted molar refractivity (Wildman–Crippen MR) is 79.2 cm³/mol. The predicted octanol–water partition coefficient (Wildman–Crippen LogP) is 0.809. The summed E-state index contributed by atoms with van der Waals surface area (Å²) in [6, 6.07) is 6.74. The first kappa shape index (κ1) is 14.2. The van der Waals surface area contributed by atoms with Gasteiger partial charge in [0.25, 0.3) is 5.91 Å². The van der Waals surface area contributed by atoms with E-state index in [0.717, 1.165) is 11.2 Å². The number of H-pyrrole nitrogens is 1. The summed E-state index contributed by atoms with van der Waals surface area (Å²) in [5, 5.41) is 17.6. The summed E-state index contributed by atoms with van der Waals surface area (Å²) in [6.45, 7) is 0.359. The molecule has 0 radical (unpaired) electrons. The zero-order valence-electron chi connectivity index (χ0n) is 12.3. The highest BCUT2D eigenvalue weighted by molar-refractivity contribution is 5.97. The molecule has 2 aromatic heterocycles. The van der Waals surface area contributed by atoms with Crippen LogP contribution in [0.4, 0.5) is 0 Å². The molecule has 114 valence electrons. The molecule has 0 aliphatic heterocycles. The van der Waals surface area contributed by atoms with Gasteiger partial charge in [-0.25, -0.2) is 0 Å². The second kappa shape index (κ2) is 5.94. The van der Waals surface area contributed by atoms with E-state index in [1.54, 1.807) is 36.2 Å². The largest absolute Gasteiger partial charge is 0.382 e. The van der Waals surface area contributed by atoms with E-state index in [1.165, 1.54) is 0 Å². The highest BCUT2D eigenvalue weighted by Gasteiger charge is 2.19. The monoisotopic (exact) mass is 300 g/mol. The Morgan fingerprint density at radius 3 is 2.91 bits per heavy atom. The van der Waals surface area contributed by atoms with Crippen molar-refractivity contribution in [3.8, 4) is 0 Å². The van der Waals surface area contributed by atoms with Crippen molar-refractivity contribution in [2.45, 2.75) is 6.04 Å². The number of hydrogen-bond acceptors (Lipinski definition) is 5. The minimum Gasteiger partial charge on any atom is -0.382 e. The molecule has 0 bridgehead atoms. The van der Waals surface area contributed by atoms with Crippen molar-refractivity contribution in [2.75, 3.05) is 13.7 Å². The number of amides is 1. The van der Waals surface area contributed by atoms with Gasteiger partial charge in [0.05, 0.1) is 18.3 Å². The second-order valence-electron chi connectivity index (χ2n) is 4.89. The van der Waals surface area contributed by atoms with Gasteiger partial charge >= 0.3 is 0 Å². The van der Waals surface area contributed by atoms with Crippen molar-refractivity contribution in [3.63, 3.8) is 0 Å². The molecule has 0 saturated heterocycles. The number of hydrogen-bond donors (Lipinski definition) is 2. The molecular formula is C14H16N6O2. The van der Waals surface area contributed by atoms with Crippen LogP contribution in [-0.4, -0.2) is 44.8 Å². The number of benzene rings is 1. The summed E-state index contributed by atoms with van der Waals surface area (Å²) in [4.78, 5) is 12.4. The SMILES string of the molecule is COC[C@@H](NC(=O)c1ccc2n[nH]nc2c1)c1ccnn1C.